The second-order valence-electron chi connectivity index (χ2n) is 4.29. The molecule has 2 rings (SSSR count). The lowest BCUT2D eigenvalue weighted by atomic mass is 10.3. The third kappa shape index (κ3) is 3.40. The summed E-state index contributed by atoms with van der Waals surface area (Å²) >= 11 is 0. The highest BCUT2D eigenvalue weighted by atomic mass is 32.2. The third-order valence-corrected chi connectivity index (χ3v) is 4.10. The summed E-state index contributed by atoms with van der Waals surface area (Å²) in [5.41, 5.74) is 0.399. The van der Waals surface area contributed by atoms with Crippen molar-refractivity contribution in [2.75, 3.05) is 14.2 Å². The Kier molecular flexibility index (Phi) is 4.71. The molecule has 0 fully saturated rings. The fourth-order valence-corrected chi connectivity index (χ4v) is 2.75. The van der Waals surface area contributed by atoms with Gasteiger partial charge in [0.1, 0.15) is 27.9 Å². The van der Waals surface area contributed by atoms with Crippen molar-refractivity contribution in [2.45, 2.75) is 11.8 Å². The van der Waals surface area contributed by atoms with E-state index < -0.39 is 10.0 Å². The van der Waals surface area contributed by atoms with Gasteiger partial charge in [0.05, 0.1) is 20.5 Å². The van der Waals surface area contributed by atoms with E-state index in [0.717, 1.165) is 0 Å². The van der Waals surface area contributed by atoms with Gasteiger partial charge in [-0.15, -0.1) is 0 Å². The number of furan rings is 1. The molecule has 0 bridgehead atoms. The van der Waals surface area contributed by atoms with Gasteiger partial charge in [0.25, 0.3) is 10.0 Å². The first-order chi connectivity index (χ1) is 10.5. The molecule has 0 unspecified atom stereocenters. The van der Waals surface area contributed by atoms with Crippen LogP contribution in [0.2, 0.25) is 0 Å². The number of ether oxygens (including phenoxy) is 2. The number of methoxy groups -OCH3 is 2. The summed E-state index contributed by atoms with van der Waals surface area (Å²) in [7, 11) is -1.07. The van der Waals surface area contributed by atoms with Crippen molar-refractivity contribution in [3.63, 3.8) is 0 Å². The SMILES string of the molecule is COc1ccc(OC)c(S(=O)(=O)N/N=C(/C)c2ccco2)c1. The van der Waals surface area contributed by atoms with E-state index in [2.05, 4.69) is 9.93 Å². The van der Waals surface area contributed by atoms with Crippen LogP contribution in [0.25, 0.3) is 0 Å². The Balaban J connectivity index is 2.32. The summed E-state index contributed by atoms with van der Waals surface area (Å²) in [4.78, 5) is 2.09. The second kappa shape index (κ2) is 6.52. The van der Waals surface area contributed by atoms with E-state index in [4.69, 9.17) is 13.9 Å². The van der Waals surface area contributed by atoms with Crippen molar-refractivity contribution in [3.8, 4) is 11.5 Å². The predicted molar refractivity (Wildman–Crippen MR) is 80.8 cm³/mol. The van der Waals surface area contributed by atoms with E-state index in [0.29, 0.717) is 17.2 Å². The minimum Gasteiger partial charge on any atom is -0.497 e. The van der Waals surface area contributed by atoms with Gasteiger partial charge < -0.3 is 13.9 Å². The van der Waals surface area contributed by atoms with E-state index in [1.54, 1.807) is 25.1 Å². The highest BCUT2D eigenvalue weighted by Crippen LogP contribution is 2.27. The minimum atomic E-state index is -3.91. The van der Waals surface area contributed by atoms with E-state index in [-0.39, 0.29) is 10.6 Å². The Labute approximate surface area is 128 Å². The maximum Gasteiger partial charge on any atom is 0.280 e. The van der Waals surface area contributed by atoms with E-state index >= 15 is 0 Å². The Bertz CT molecular complexity index is 767. The Morgan fingerprint density at radius 1 is 1.23 bits per heavy atom. The topological polar surface area (TPSA) is 90.1 Å². The summed E-state index contributed by atoms with van der Waals surface area (Å²) in [6.07, 6.45) is 1.48. The Hall–Kier alpha value is -2.48. The molecule has 22 heavy (non-hydrogen) atoms. The van der Waals surface area contributed by atoms with Crippen LogP contribution < -0.4 is 14.3 Å². The molecule has 1 aromatic heterocycles. The standard InChI is InChI=1S/C14H16N2O5S/c1-10(12-5-4-8-21-12)15-16-22(17,18)14-9-11(19-2)6-7-13(14)20-3/h4-9,16H,1-3H3/b15-10-. The Morgan fingerprint density at radius 3 is 2.59 bits per heavy atom. The van der Waals surface area contributed by atoms with Crippen LogP contribution >= 0.6 is 0 Å². The highest BCUT2D eigenvalue weighted by molar-refractivity contribution is 7.89. The number of benzene rings is 1. The molecule has 1 heterocycles. The van der Waals surface area contributed by atoms with Crippen molar-refractivity contribution < 1.29 is 22.3 Å². The van der Waals surface area contributed by atoms with Gasteiger partial charge in [0.15, 0.2) is 0 Å². The normalized spacial score (nSPS) is 12.0. The largest absolute Gasteiger partial charge is 0.497 e. The molecule has 0 spiro atoms. The molecule has 1 N–H and O–H groups in total. The van der Waals surface area contributed by atoms with Gasteiger partial charge in [0, 0.05) is 6.07 Å². The van der Waals surface area contributed by atoms with Gasteiger partial charge in [-0.05, 0) is 31.2 Å². The molecule has 2 aromatic rings. The fraction of sp³-hybridized carbons (Fsp3) is 0.214. The van der Waals surface area contributed by atoms with E-state index in [9.17, 15) is 8.42 Å². The van der Waals surface area contributed by atoms with Gasteiger partial charge >= 0.3 is 0 Å². The molecule has 8 heteroatoms. The maximum absolute atomic E-state index is 12.4. The van der Waals surface area contributed by atoms with Gasteiger partial charge in [-0.25, -0.2) is 0 Å². The zero-order chi connectivity index (χ0) is 16.2. The fourth-order valence-electron chi connectivity index (χ4n) is 1.71. The molecular weight excluding hydrogens is 308 g/mol. The number of hydrazone groups is 1. The third-order valence-electron chi connectivity index (χ3n) is 2.87. The molecule has 0 radical (unpaired) electrons. The van der Waals surface area contributed by atoms with Crippen LogP contribution in [0.5, 0.6) is 11.5 Å². The lowest BCUT2D eigenvalue weighted by Crippen LogP contribution is -2.20. The molecule has 0 atom stereocenters. The smallest absolute Gasteiger partial charge is 0.280 e. The molecular formula is C14H16N2O5S. The molecule has 0 saturated heterocycles. The summed E-state index contributed by atoms with van der Waals surface area (Å²) in [6, 6.07) is 7.85. The van der Waals surface area contributed by atoms with Gasteiger partial charge in [-0.1, -0.05) is 0 Å². The highest BCUT2D eigenvalue weighted by Gasteiger charge is 2.20. The number of nitrogens with zero attached hydrogens (tertiary/aromatic N) is 1. The van der Waals surface area contributed by atoms with Crippen LogP contribution in [0.3, 0.4) is 0 Å². The van der Waals surface area contributed by atoms with Crippen LogP contribution in [0.1, 0.15) is 12.7 Å². The zero-order valence-electron chi connectivity index (χ0n) is 12.4. The monoisotopic (exact) mass is 324 g/mol. The molecule has 7 nitrogen and oxygen atoms in total. The summed E-state index contributed by atoms with van der Waals surface area (Å²) in [6.45, 7) is 1.63. The number of hydrogen-bond donors (Lipinski definition) is 1. The summed E-state index contributed by atoms with van der Waals surface area (Å²) < 4.78 is 40.0. The van der Waals surface area contributed by atoms with Crippen molar-refractivity contribution >= 4 is 15.7 Å². The van der Waals surface area contributed by atoms with Crippen LogP contribution in [0, 0.1) is 0 Å². The van der Waals surface area contributed by atoms with Gasteiger partial charge in [-0.3, -0.25) is 0 Å². The molecule has 0 aliphatic heterocycles. The molecule has 118 valence electrons. The van der Waals surface area contributed by atoms with Crippen LogP contribution in [-0.4, -0.2) is 28.3 Å². The maximum atomic E-state index is 12.4. The van der Waals surface area contributed by atoms with Gasteiger partial charge in [-0.2, -0.15) is 18.4 Å². The van der Waals surface area contributed by atoms with Crippen molar-refractivity contribution in [2.24, 2.45) is 5.10 Å². The second-order valence-corrected chi connectivity index (χ2v) is 5.92. The van der Waals surface area contributed by atoms with Gasteiger partial charge in [0.2, 0.25) is 0 Å². The number of hydrogen-bond acceptors (Lipinski definition) is 6. The average Bonchev–Trinajstić information content (AvgIpc) is 3.06. The first kappa shape index (κ1) is 15.9. The number of sulfonamides is 1. The predicted octanol–water partition coefficient (Wildman–Crippen LogP) is 2.00. The number of rotatable bonds is 6. The van der Waals surface area contributed by atoms with Crippen LogP contribution in [0.4, 0.5) is 0 Å². The molecule has 1 aromatic carbocycles. The van der Waals surface area contributed by atoms with Crippen molar-refractivity contribution in [1.82, 2.24) is 4.83 Å². The Morgan fingerprint density at radius 2 is 2.00 bits per heavy atom. The van der Waals surface area contributed by atoms with Crippen molar-refractivity contribution in [3.05, 3.63) is 42.4 Å². The first-order valence-electron chi connectivity index (χ1n) is 6.30. The number of nitrogens with one attached hydrogen (secondary N) is 1. The first-order valence-corrected chi connectivity index (χ1v) is 7.78. The van der Waals surface area contributed by atoms with E-state index in [1.165, 1.54) is 32.6 Å². The lowest BCUT2D eigenvalue weighted by molar-refractivity contribution is 0.392. The quantitative estimate of drug-likeness (QED) is 0.648. The minimum absolute atomic E-state index is 0.0645. The lowest BCUT2D eigenvalue weighted by Gasteiger charge is -2.10. The van der Waals surface area contributed by atoms with Crippen molar-refractivity contribution in [1.29, 1.82) is 0 Å². The summed E-state index contributed by atoms with van der Waals surface area (Å²) in [5.74, 6) is 1.06. The zero-order valence-corrected chi connectivity index (χ0v) is 13.2. The molecule has 0 aliphatic carbocycles. The average molecular weight is 324 g/mol. The molecule has 0 amide bonds. The van der Waals surface area contributed by atoms with E-state index in [1.807, 2.05) is 0 Å². The molecule has 0 saturated carbocycles. The molecule has 0 aliphatic rings. The summed E-state index contributed by atoms with van der Waals surface area (Å²) in [5, 5.41) is 3.83. The van der Waals surface area contributed by atoms with Crippen LogP contribution in [-0.2, 0) is 10.0 Å². The van der Waals surface area contributed by atoms with Crippen LogP contribution in [0.15, 0.2) is 51.0 Å².